The van der Waals surface area contributed by atoms with Crippen molar-refractivity contribution in [2.24, 2.45) is 0 Å². The Labute approximate surface area is 130 Å². The van der Waals surface area contributed by atoms with E-state index in [9.17, 15) is 14.6 Å². The van der Waals surface area contributed by atoms with Crippen LogP contribution in [-0.2, 0) is 6.42 Å². The lowest BCUT2D eigenvalue weighted by Crippen LogP contribution is -1.95. The van der Waals surface area contributed by atoms with Crippen LogP contribution in [-0.4, -0.2) is 25.4 Å². The summed E-state index contributed by atoms with van der Waals surface area (Å²) in [5.74, 6) is 0.539. The number of H-pyrrole nitrogens is 1. The average molecular weight is 315 g/mol. The Bertz CT molecular complexity index is 794. The molecule has 0 bridgehead atoms. The Balaban J connectivity index is 1.71. The molecular formula is C16H14FN3O3. The molecule has 1 aromatic carbocycles. The molecule has 0 aliphatic heterocycles. The van der Waals surface area contributed by atoms with E-state index in [2.05, 4.69) is 15.2 Å². The van der Waals surface area contributed by atoms with Gasteiger partial charge in [0.1, 0.15) is 29.8 Å². The lowest BCUT2D eigenvalue weighted by molar-refractivity contribution is 0.193. The van der Waals surface area contributed by atoms with Gasteiger partial charge >= 0.3 is 0 Å². The van der Waals surface area contributed by atoms with Crippen LogP contribution in [0.5, 0.6) is 0 Å². The highest BCUT2D eigenvalue weighted by atomic mass is 19.1. The van der Waals surface area contributed by atoms with Crippen LogP contribution < -0.4 is 0 Å². The third-order valence-corrected chi connectivity index (χ3v) is 3.24. The first-order chi connectivity index (χ1) is 11.1. The maximum Gasteiger partial charge on any atom is 0.190 e. The van der Waals surface area contributed by atoms with Gasteiger partial charge in [-0.3, -0.25) is 5.10 Å². The molecule has 0 saturated heterocycles. The van der Waals surface area contributed by atoms with E-state index in [-0.39, 0.29) is 23.2 Å². The second-order valence-corrected chi connectivity index (χ2v) is 4.94. The van der Waals surface area contributed by atoms with Crippen LogP contribution in [0.4, 0.5) is 4.39 Å². The molecule has 0 aliphatic carbocycles. The fourth-order valence-electron chi connectivity index (χ4n) is 2.09. The highest BCUT2D eigenvalue weighted by Gasteiger charge is 2.13. The summed E-state index contributed by atoms with van der Waals surface area (Å²) in [5, 5.41) is 26.0. The Morgan fingerprint density at radius 2 is 2.04 bits per heavy atom. The summed E-state index contributed by atoms with van der Waals surface area (Å²) < 4.78 is 18.4. The van der Waals surface area contributed by atoms with Crippen LogP contribution in [0, 0.1) is 5.82 Å². The molecule has 0 aliphatic rings. The highest BCUT2D eigenvalue weighted by Crippen LogP contribution is 2.22. The molecule has 23 heavy (non-hydrogen) atoms. The van der Waals surface area contributed by atoms with Gasteiger partial charge in [0.05, 0.1) is 0 Å². The second-order valence-electron chi connectivity index (χ2n) is 4.94. The van der Waals surface area contributed by atoms with Gasteiger partial charge in [-0.05, 0) is 35.9 Å². The monoisotopic (exact) mass is 315 g/mol. The number of benzene rings is 1. The number of aliphatic hydroxyl groups is 2. The van der Waals surface area contributed by atoms with Gasteiger partial charge in [-0.1, -0.05) is 12.1 Å². The zero-order chi connectivity index (χ0) is 16.2. The number of nitrogens with zero attached hydrogens (tertiary/aromatic N) is 2. The number of aromatic nitrogens is 3. The first-order valence-corrected chi connectivity index (χ1v) is 6.89. The number of rotatable bonds is 5. The minimum Gasteiger partial charge on any atom is -0.504 e. The molecule has 0 amide bonds. The summed E-state index contributed by atoms with van der Waals surface area (Å²) in [6, 6.07) is 9.44. The minimum absolute atomic E-state index is 0.155. The predicted octanol–water partition coefficient (Wildman–Crippen LogP) is 2.76. The maximum atomic E-state index is 12.9. The molecular weight excluding hydrogens is 301 g/mol. The van der Waals surface area contributed by atoms with Crippen molar-refractivity contribution in [2.45, 2.75) is 12.5 Å². The lowest BCUT2D eigenvalue weighted by atomic mass is 10.1. The van der Waals surface area contributed by atoms with Gasteiger partial charge in [-0.15, -0.1) is 0 Å². The van der Waals surface area contributed by atoms with Gasteiger partial charge in [0, 0.05) is 6.42 Å². The molecule has 3 rings (SSSR count). The number of aromatic amines is 1. The van der Waals surface area contributed by atoms with Crippen molar-refractivity contribution in [3.05, 3.63) is 77.5 Å². The molecule has 1 atom stereocenters. The topological polar surface area (TPSA) is 95.2 Å². The first kappa shape index (κ1) is 15.0. The van der Waals surface area contributed by atoms with E-state index in [0.29, 0.717) is 12.2 Å². The van der Waals surface area contributed by atoms with Crippen LogP contribution in [0.25, 0.3) is 5.76 Å². The second kappa shape index (κ2) is 6.45. The maximum absolute atomic E-state index is 12.9. The van der Waals surface area contributed by atoms with Crippen molar-refractivity contribution in [2.75, 3.05) is 0 Å². The van der Waals surface area contributed by atoms with Crippen LogP contribution in [0.2, 0.25) is 0 Å². The number of hydrogen-bond acceptors (Lipinski definition) is 5. The van der Waals surface area contributed by atoms with Gasteiger partial charge in [-0.25, -0.2) is 9.37 Å². The summed E-state index contributed by atoms with van der Waals surface area (Å²) in [7, 11) is 0. The summed E-state index contributed by atoms with van der Waals surface area (Å²) in [6.45, 7) is 0. The molecule has 7 heteroatoms. The van der Waals surface area contributed by atoms with E-state index < -0.39 is 6.10 Å². The molecule has 0 radical (unpaired) electrons. The molecule has 0 fully saturated rings. The molecule has 3 aromatic rings. The highest BCUT2D eigenvalue weighted by molar-refractivity contribution is 5.51. The van der Waals surface area contributed by atoms with Gasteiger partial charge in [0.2, 0.25) is 0 Å². The van der Waals surface area contributed by atoms with E-state index in [4.69, 9.17) is 4.42 Å². The van der Waals surface area contributed by atoms with Crippen molar-refractivity contribution in [1.82, 2.24) is 15.2 Å². The van der Waals surface area contributed by atoms with Gasteiger partial charge in [-0.2, -0.15) is 5.10 Å². The largest absolute Gasteiger partial charge is 0.504 e. The first-order valence-electron chi connectivity index (χ1n) is 6.89. The molecule has 0 spiro atoms. The summed E-state index contributed by atoms with van der Waals surface area (Å²) >= 11 is 0. The molecule has 6 nitrogen and oxygen atoms in total. The van der Waals surface area contributed by atoms with Crippen molar-refractivity contribution in [1.29, 1.82) is 0 Å². The van der Waals surface area contributed by atoms with Crippen LogP contribution in [0.15, 0.2) is 53.2 Å². The normalized spacial score (nSPS) is 13.2. The Hall–Kier alpha value is -2.93. The smallest absolute Gasteiger partial charge is 0.190 e. The Morgan fingerprint density at radius 3 is 2.74 bits per heavy atom. The average Bonchev–Trinajstić information content (AvgIpc) is 3.21. The van der Waals surface area contributed by atoms with Crippen molar-refractivity contribution >= 4 is 5.76 Å². The number of halogens is 1. The van der Waals surface area contributed by atoms with Crippen molar-refractivity contribution in [3.63, 3.8) is 0 Å². The van der Waals surface area contributed by atoms with Crippen molar-refractivity contribution in [3.8, 4) is 0 Å². The van der Waals surface area contributed by atoms with Gasteiger partial charge in [0.15, 0.2) is 11.6 Å². The third-order valence-electron chi connectivity index (χ3n) is 3.24. The van der Waals surface area contributed by atoms with Crippen LogP contribution in [0.3, 0.4) is 0 Å². The summed E-state index contributed by atoms with van der Waals surface area (Å²) in [6.07, 6.45) is 1.80. The van der Waals surface area contributed by atoms with Crippen LogP contribution in [0.1, 0.15) is 29.0 Å². The lowest BCUT2D eigenvalue weighted by Gasteiger charge is -2.03. The van der Waals surface area contributed by atoms with E-state index >= 15 is 0 Å². The molecule has 118 valence electrons. The van der Waals surface area contributed by atoms with E-state index in [0.717, 1.165) is 5.56 Å². The molecule has 2 heterocycles. The SMILES string of the molecule is O/C(=C\C(O)c1ccc(Cc2ccc(F)cc2)o1)c1ncn[nH]1. The number of aliphatic hydroxyl groups excluding tert-OH is 2. The quantitative estimate of drug-likeness (QED) is 0.629. The van der Waals surface area contributed by atoms with E-state index in [1.807, 2.05) is 0 Å². The van der Waals surface area contributed by atoms with Crippen molar-refractivity contribution < 1.29 is 19.0 Å². The Morgan fingerprint density at radius 1 is 1.26 bits per heavy atom. The summed E-state index contributed by atoms with van der Waals surface area (Å²) in [5.41, 5.74) is 0.891. The zero-order valence-electron chi connectivity index (χ0n) is 12.0. The predicted molar refractivity (Wildman–Crippen MR) is 79.9 cm³/mol. The number of furan rings is 1. The summed E-state index contributed by atoms with van der Waals surface area (Å²) in [4.78, 5) is 3.77. The van der Waals surface area contributed by atoms with E-state index in [1.54, 1.807) is 24.3 Å². The fraction of sp³-hybridized carbons (Fsp3) is 0.125. The van der Waals surface area contributed by atoms with Gasteiger partial charge in [0.25, 0.3) is 0 Å². The van der Waals surface area contributed by atoms with Crippen LogP contribution >= 0.6 is 0 Å². The minimum atomic E-state index is -1.12. The van der Waals surface area contributed by atoms with Gasteiger partial charge < -0.3 is 14.6 Å². The van der Waals surface area contributed by atoms with E-state index in [1.165, 1.54) is 24.5 Å². The molecule has 3 N–H and O–H groups in total. The Kier molecular flexibility index (Phi) is 4.20. The fourth-order valence-corrected chi connectivity index (χ4v) is 2.09. The standard InChI is InChI=1S/C16H14FN3O3/c17-11-3-1-10(2-4-11)7-12-5-6-15(23-12)13(21)8-14(22)16-18-9-19-20-16/h1-6,8-9,13,21-22H,7H2,(H,18,19,20)/b14-8-. The molecule has 2 aromatic heterocycles. The number of hydrogen-bond donors (Lipinski definition) is 3. The molecule has 1 unspecified atom stereocenters. The zero-order valence-corrected chi connectivity index (χ0v) is 12.0. The third kappa shape index (κ3) is 3.64. The molecule has 0 saturated carbocycles. The number of nitrogens with one attached hydrogen (secondary N) is 1.